The Kier molecular flexibility index (Phi) is 3.79. The van der Waals surface area contributed by atoms with E-state index in [0.717, 1.165) is 0 Å². The van der Waals surface area contributed by atoms with Gasteiger partial charge in [-0.05, 0) is 18.2 Å². The van der Waals surface area contributed by atoms with Crippen molar-refractivity contribution in [2.24, 2.45) is 0 Å². The minimum Gasteiger partial charge on any atom is -0.380 e. The quantitative estimate of drug-likeness (QED) is 0.892. The Labute approximate surface area is 118 Å². The largest absolute Gasteiger partial charge is 0.417 e. The Balaban J connectivity index is 2.06. The van der Waals surface area contributed by atoms with E-state index in [0.29, 0.717) is 0 Å². The Hall–Kier alpha value is -0.830. The van der Waals surface area contributed by atoms with E-state index in [1.165, 1.54) is 24.3 Å². The lowest BCUT2D eigenvalue weighted by Gasteiger charge is -2.44. The summed E-state index contributed by atoms with van der Waals surface area (Å²) in [5.41, 5.74) is -2.81. The third-order valence-corrected chi connectivity index (χ3v) is 4.88. The van der Waals surface area contributed by atoms with Crippen LogP contribution in [0, 0.1) is 0 Å². The summed E-state index contributed by atoms with van der Waals surface area (Å²) in [4.78, 5) is -0.132. The molecule has 1 aliphatic rings. The average Bonchev–Trinajstić information content (AvgIpc) is 2.25. The molecule has 0 unspecified atom stereocenters. The molecule has 4 nitrogen and oxygen atoms in total. The number of nitrogens with one attached hydrogen (secondary N) is 1. The van der Waals surface area contributed by atoms with E-state index in [1.807, 2.05) is 0 Å². The molecule has 0 bridgehead atoms. The van der Waals surface area contributed by atoms with Crippen LogP contribution in [0.5, 0.6) is 0 Å². The topological polar surface area (TPSA) is 66.4 Å². The van der Waals surface area contributed by atoms with E-state index >= 15 is 0 Å². The Morgan fingerprint density at radius 3 is 2.45 bits per heavy atom. The lowest BCUT2D eigenvalue weighted by molar-refractivity contribution is -0.290. The second-order valence-electron chi connectivity index (χ2n) is 4.71. The maximum atomic E-state index is 12.4. The molecule has 112 valence electrons. The van der Waals surface area contributed by atoms with Crippen LogP contribution in [0.15, 0.2) is 29.2 Å². The molecule has 0 saturated heterocycles. The SMILES string of the molecule is O=S(=O)(NC1CC(O)(C(F)(F)F)C1)c1cccc(Cl)c1. The number of benzene rings is 1. The number of sulfonamides is 1. The van der Waals surface area contributed by atoms with Crippen molar-refractivity contribution < 1.29 is 26.7 Å². The van der Waals surface area contributed by atoms with Crippen molar-refractivity contribution in [3.63, 3.8) is 0 Å². The van der Waals surface area contributed by atoms with Crippen molar-refractivity contribution >= 4 is 21.6 Å². The second kappa shape index (κ2) is 4.87. The molecule has 2 rings (SSSR count). The predicted octanol–water partition coefficient (Wildman–Crippen LogP) is 2.07. The van der Waals surface area contributed by atoms with E-state index in [1.54, 1.807) is 0 Å². The molecular weight excluding hydrogens is 319 g/mol. The molecule has 1 aromatic carbocycles. The van der Waals surface area contributed by atoms with Gasteiger partial charge in [0.2, 0.25) is 10.0 Å². The fourth-order valence-electron chi connectivity index (χ4n) is 1.99. The molecule has 0 spiro atoms. The zero-order chi connectivity index (χ0) is 15.2. The molecule has 0 heterocycles. The molecule has 0 aliphatic heterocycles. The molecule has 2 N–H and O–H groups in total. The number of rotatable bonds is 3. The van der Waals surface area contributed by atoms with Gasteiger partial charge in [0.05, 0.1) is 4.90 Å². The maximum Gasteiger partial charge on any atom is 0.417 e. The van der Waals surface area contributed by atoms with Gasteiger partial charge in [-0.1, -0.05) is 17.7 Å². The normalized spacial score (nSPS) is 27.1. The molecule has 0 radical (unpaired) electrons. The van der Waals surface area contributed by atoms with Crippen molar-refractivity contribution in [1.29, 1.82) is 0 Å². The van der Waals surface area contributed by atoms with Crippen LogP contribution in [0.4, 0.5) is 13.2 Å². The summed E-state index contributed by atoms with van der Waals surface area (Å²) >= 11 is 5.66. The molecule has 1 aromatic rings. The minimum atomic E-state index is -4.76. The van der Waals surface area contributed by atoms with E-state index in [4.69, 9.17) is 11.6 Å². The van der Waals surface area contributed by atoms with Crippen molar-refractivity contribution in [2.75, 3.05) is 0 Å². The average molecular weight is 330 g/mol. The van der Waals surface area contributed by atoms with Crippen molar-refractivity contribution in [3.8, 4) is 0 Å². The van der Waals surface area contributed by atoms with Gasteiger partial charge in [0.1, 0.15) is 0 Å². The van der Waals surface area contributed by atoms with E-state index in [2.05, 4.69) is 4.72 Å². The van der Waals surface area contributed by atoms with Crippen LogP contribution < -0.4 is 4.72 Å². The summed E-state index contributed by atoms with van der Waals surface area (Å²) in [6, 6.07) is 4.42. The number of alkyl halides is 3. The number of hydrogen-bond acceptors (Lipinski definition) is 3. The summed E-state index contributed by atoms with van der Waals surface area (Å²) < 4.78 is 63.2. The summed E-state index contributed by atoms with van der Waals surface area (Å²) in [5, 5.41) is 9.45. The number of hydrogen-bond donors (Lipinski definition) is 2. The van der Waals surface area contributed by atoms with Crippen molar-refractivity contribution in [2.45, 2.75) is 35.6 Å². The highest BCUT2D eigenvalue weighted by molar-refractivity contribution is 7.89. The minimum absolute atomic E-state index is 0.132. The van der Waals surface area contributed by atoms with E-state index < -0.39 is 40.7 Å². The van der Waals surface area contributed by atoms with Gasteiger partial charge in [-0.3, -0.25) is 0 Å². The standard InChI is InChI=1S/C11H11ClF3NO3S/c12-7-2-1-3-9(4-7)20(18,19)16-8-5-10(17,6-8)11(13,14)15/h1-4,8,16-17H,5-6H2. The lowest BCUT2D eigenvalue weighted by Crippen LogP contribution is -2.62. The molecule has 0 amide bonds. The first-order valence-electron chi connectivity index (χ1n) is 5.60. The Bertz CT molecular complexity index is 612. The lowest BCUT2D eigenvalue weighted by atomic mass is 9.76. The molecular formula is C11H11ClF3NO3S. The van der Waals surface area contributed by atoms with Crippen molar-refractivity contribution in [3.05, 3.63) is 29.3 Å². The molecule has 0 atom stereocenters. The van der Waals surface area contributed by atoms with Crippen LogP contribution >= 0.6 is 11.6 Å². The summed E-state index contributed by atoms with van der Waals surface area (Å²) in [5.74, 6) is 0. The monoisotopic (exact) mass is 329 g/mol. The van der Waals surface area contributed by atoms with Gasteiger partial charge in [0.15, 0.2) is 5.60 Å². The molecule has 9 heteroatoms. The van der Waals surface area contributed by atoms with Gasteiger partial charge in [-0.2, -0.15) is 13.2 Å². The smallest absolute Gasteiger partial charge is 0.380 e. The molecule has 0 aromatic heterocycles. The molecule has 20 heavy (non-hydrogen) atoms. The van der Waals surface area contributed by atoms with Gasteiger partial charge < -0.3 is 5.11 Å². The highest BCUT2D eigenvalue weighted by atomic mass is 35.5. The van der Waals surface area contributed by atoms with Gasteiger partial charge in [-0.15, -0.1) is 0 Å². The van der Waals surface area contributed by atoms with E-state index in [9.17, 15) is 26.7 Å². The Morgan fingerprint density at radius 1 is 1.35 bits per heavy atom. The third kappa shape index (κ3) is 2.93. The zero-order valence-electron chi connectivity index (χ0n) is 9.98. The van der Waals surface area contributed by atoms with Crippen LogP contribution in [0.25, 0.3) is 0 Å². The van der Waals surface area contributed by atoms with Crippen molar-refractivity contribution in [1.82, 2.24) is 4.72 Å². The number of halogens is 4. The van der Waals surface area contributed by atoms with Gasteiger partial charge in [0.25, 0.3) is 0 Å². The van der Waals surface area contributed by atoms with E-state index in [-0.39, 0.29) is 9.92 Å². The highest BCUT2D eigenvalue weighted by Gasteiger charge is 2.61. The van der Waals surface area contributed by atoms with Crippen LogP contribution in [0.1, 0.15) is 12.8 Å². The predicted molar refractivity (Wildman–Crippen MR) is 65.8 cm³/mol. The highest BCUT2D eigenvalue weighted by Crippen LogP contribution is 2.45. The van der Waals surface area contributed by atoms with Crippen LogP contribution in [0.2, 0.25) is 5.02 Å². The fourth-order valence-corrected chi connectivity index (χ4v) is 3.53. The zero-order valence-corrected chi connectivity index (χ0v) is 11.6. The van der Waals surface area contributed by atoms with Gasteiger partial charge in [-0.25, -0.2) is 13.1 Å². The first-order chi connectivity index (χ1) is 9.03. The summed E-state index contributed by atoms with van der Waals surface area (Å²) in [7, 11) is -3.95. The fraction of sp³-hybridized carbons (Fsp3) is 0.455. The molecule has 1 saturated carbocycles. The summed E-state index contributed by atoms with van der Waals surface area (Å²) in [6.07, 6.45) is -6.16. The molecule has 1 fully saturated rings. The third-order valence-electron chi connectivity index (χ3n) is 3.12. The Morgan fingerprint density at radius 2 is 1.95 bits per heavy atom. The second-order valence-corrected chi connectivity index (χ2v) is 6.86. The first-order valence-corrected chi connectivity index (χ1v) is 7.47. The van der Waals surface area contributed by atoms with Gasteiger partial charge in [0, 0.05) is 23.9 Å². The maximum absolute atomic E-state index is 12.4. The first kappa shape index (κ1) is 15.6. The van der Waals surface area contributed by atoms with Crippen LogP contribution in [-0.4, -0.2) is 31.3 Å². The molecule has 1 aliphatic carbocycles. The van der Waals surface area contributed by atoms with Gasteiger partial charge >= 0.3 is 6.18 Å². The number of aliphatic hydroxyl groups is 1. The van der Waals surface area contributed by atoms with Crippen LogP contribution in [0.3, 0.4) is 0 Å². The summed E-state index contributed by atoms with van der Waals surface area (Å²) in [6.45, 7) is 0. The van der Waals surface area contributed by atoms with Crippen LogP contribution in [-0.2, 0) is 10.0 Å².